The molecule has 0 bridgehead atoms. The maximum Gasteiger partial charge on any atom is 0.415 e. The Labute approximate surface area is 263 Å². The molecule has 3 heterocycles. The fourth-order valence-corrected chi connectivity index (χ4v) is 5.93. The molecular weight excluding hydrogens is 585 g/mol. The molecule has 0 spiro atoms. The molecule has 0 N–H and O–H groups in total. The Morgan fingerprint density at radius 1 is 1.07 bits per heavy atom. The lowest BCUT2D eigenvalue weighted by Gasteiger charge is -2.33. The number of methoxy groups -OCH3 is 1. The van der Waals surface area contributed by atoms with Gasteiger partial charge >= 0.3 is 12.2 Å². The minimum absolute atomic E-state index is 0.0558. The maximum absolute atomic E-state index is 14.0. The number of amides is 2. The first-order valence-corrected chi connectivity index (χ1v) is 15.8. The van der Waals surface area contributed by atoms with E-state index in [2.05, 4.69) is 18.8 Å². The summed E-state index contributed by atoms with van der Waals surface area (Å²) in [5.74, 6) is 0.00276. The second kappa shape index (κ2) is 13.2. The molecule has 2 aromatic heterocycles. The molecule has 10 nitrogen and oxygen atoms in total. The number of piperidine rings is 1. The number of halogens is 1. The van der Waals surface area contributed by atoms with Gasteiger partial charge in [0.15, 0.2) is 5.65 Å². The van der Waals surface area contributed by atoms with Crippen molar-refractivity contribution < 1.29 is 28.2 Å². The molecule has 4 rings (SSSR count). The summed E-state index contributed by atoms with van der Waals surface area (Å²) in [6, 6.07) is 6.09. The number of rotatable bonds is 7. The number of carbonyl (C=O) groups excluding carboxylic acids is 2. The van der Waals surface area contributed by atoms with Gasteiger partial charge in [-0.3, -0.25) is 4.90 Å². The number of thioether (sulfide) groups is 1. The summed E-state index contributed by atoms with van der Waals surface area (Å²) < 4.78 is 32.7. The predicted molar refractivity (Wildman–Crippen MR) is 169 cm³/mol. The summed E-state index contributed by atoms with van der Waals surface area (Å²) in [6.45, 7) is 16.3. The quantitative estimate of drug-likeness (QED) is 0.266. The van der Waals surface area contributed by atoms with Gasteiger partial charge in [0.1, 0.15) is 27.8 Å². The lowest BCUT2D eigenvalue weighted by Crippen LogP contribution is -2.42. The second-order valence-electron chi connectivity index (χ2n) is 13.2. The maximum atomic E-state index is 14.0. The third-order valence-electron chi connectivity index (χ3n) is 6.91. The van der Waals surface area contributed by atoms with Crippen molar-refractivity contribution in [3.63, 3.8) is 0 Å². The Morgan fingerprint density at radius 2 is 1.73 bits per heavy atom. The zero-order valence-corrected chi connectivity index (χ0v) is 28.0. The number of hydrogen-bond donors (Lipinski definition) is 0. The highest BCUT2D eigenvalue weighted by molar-refractivity contribution is 7.99. The van der Waals surface area contributed by atoms with Gasteiger partial charge in [-0.25, -0.2) is 23.5 Å². The molecule has 1 aromatic carbocycles. The van der Waals surface area contributed by atoms with Gasteiger partial charge in [0.05, 0.1) is 31.2 Å². The Hall–Kier alpha value is -3.54. The third kappa shape index (κ3) is 8.34. The molecule has 44 heavy (non-hydrogen) atoms. The van der Waals surface area contributed by atoms with Gasteiger partial charge < -0.3 is 19.1 Å². The van der Waals surface area contributed by atoms with E-state index in [4.69, 9.17) is 19.3 Å². The molecule has 0 atom stereocenters. The van der Waals surface area contributed by atoms with Crippen molar-refractivity contribution in [3.05, 3.63) is 47.5 Å². The molecule has 0 unspecified atom stereocenters. The van der Waals surface area contributed by atoms with E-state index < -0.39 is 23.1 Å². The summed E-state index contributed by atoms with van der Waals surface area (Å²) in [7, 11) is 1.47. The number of anilines is 1. The first-order valence-electron chi connectivity index (χ1n) is 14.9. The molecule has 240 valence electrons. The van der Waals surface area contributed by atoms with Gasteiger partial charge in [-0.05, 0) is 72.4 Å². The molecule has 1 saturated heterocycles. The van der Waals surface area contributed by atoms with E-state index in [-0.39, 0.29) is 23.8 Å². The number of hydrogen-bond acceptors (Lipinski definition) is 8. The van der Waals surface area contributed by atoms with Crippen LogP contribution in [0.15, 0.2) is 35.5 Å². The summed E-state index contributed by atoms with van der Waals surface area (Å²) in [5.41, 5.74) is 1.21. The van der Waals surface area contributed by atoms with Crippen LogP contribution in [0.2, 0.25) is 0 Å². The standard InChI is InChI=1S/C32H44FN5O5S/c1-20(2)25-18-34-28-24(37(30(40)43-32(6,7)8)19-21-10-11-22(33)16-26(21)41-9)17-27(35-38(25)28)44-23-12-14-36(15-13-23)29(39)42-31(3,4)5/h10-11,16-18,20,23H,12-15,19H2,1-9H3. The van der Waals surface area contributed by atoms with Crippen molar-refractivity contribution in [2.24, 2.45) is 0 Å². The molecule has 0 saturated carbocycles. The molecule has 2 amide bonds. The molecular formula is C32H44FN5O5S. The highest BCUT2D eigenvalue weighted by Crippen LogP contribution is 2.36. The van der Waals surface area contributed by atoms with Gasteiger partial charge in [0.2, 0.25) is 0 Å². The number of carbonyl (C=O) groups is 2. The number of likely N-dealkylation sites (tertiary alicyclic amines) is 1. The number of fused-ring (bicyclic) bond motifs is 1. The monoisotopic (exact) mass is 629 g/mol. The molecule has 0 radical (unpaired) electrons. The highest BCUT2D eigenvalue weighted by atomic mass is 32.2. The van der Waals surface area contributed by atoms with Crippen LogP contribution < -0.4 is 9.64 Å². The van der Waals surface area contributed by atoms with Crippen LogP contribution in [0.25, 0.3) is 5.65 Å². The van der Waals surface area contributed by atoms with Crippen LogP contribution in [-0.2, 0) is 16.0 Å². The Balaban J connectivity index is 1.71. The number of imidazole rings is 1. The van der Waals surface area contributed by atoms with Crippen molar-refractivity contribution in [3.8, 4) is 5.75 Å². The van der Waals surface area contributed by atoms with Gasteiger partial charge in [0.25, 0.3) is 0 Å². The first-order chi connectivity index (χ1) is 20.5. The van der Waals surface area contributed by atoms with E-state index in [1.807, 2.05) is 26.8 Å². The molecule has 12 heteroatoms. The Kier molecular flexibility index (Phi) is 10.0. The van der Waals surface area contributed by atoms with Crippen LogP contribution in [-0.4, -0.2) is 68.3 Å². The fourth-order valence-electron chi connectivity index (χ4n) is 4.84. The van der Waals surface area contributed by atoms with Crippen molar-refractivity contribution >= 4 is 35.3 Å². The topological polar surface area (TPSA) is 98.5 Å². The Bertz CT molecular complexity index is 1490. The van der Waals surface area contributed by atoms with Gasteiger partial charge in [-0.15, -0.1) is 11.8 Å². The zero-order valence-electron chi connectivity index (χ0n) is 27.1. The van der Waals surface area contributed by atoms with Crippen LogP contribution in [0.3, 0.4) is 0 Å². The molecule has 1 aliphatic heterocycles. The SMILES string of the molecule is COc1cc(F)ccc1CN(C(=O)OC(C)(C)C)c1cc(SC2CCN(C(=O)OC(C)(C)C)CC2)nn2c(C(C)C)cnc12. The normalized spacial score (nSPS) is 14.7. The van der Waals surface area contributed by atoms with E-state index in [1.54, 1.807) is 54.2 Å². The molecule has 0 aliphatic carbocycles. The van der Waals surface area contributed by atoms with Gasteiger partial charge in [-0.1, -0.05) is 19.9 Å². The average Bonchev–Trinajstić information content (AvgIpc) is 3.35. The van der Waals surface area contributed by atoms with E-state index in [9.17, 15) is 14.0 Å². The second-order valence-corrected chi connectivity index (χ2v) is 14.6. The summed E-state index contributed by atoms with van der Waals surface area (Å²) in [6.07, 6.45) is 2.43. The van der Waals surface area contributed by atoms with E-state index in [0.29, 0.717) is 40.8 Å². The van der Waals surface area contributed by atoms with E-state index >= 15 is 0 Å². The van der Waals surface area contributed by atoms with Crippen LogP contribution in [0, 0.1) is 5.82 Å². The lowest BCUT2D eigenvalue weighted by molar-refractivity contribution is 0.0219. The number of nitrogens with zero attached hydrogens (tertiary/aromatic N) is 5. The van der Waals surface area contributed by atoms with Gasteiger partial charge in [0, 0.05) is 30.0 Å². The van der Waals surface area contributed by atoms with Gasteiger partial charge in [-0.2, -0.15) is 5.10 Å². The summed E-state index contributed by atoms with van der Waals surface area (Å²) in [4.78, 5) is 34.3. The largest absolute Gasteiger partial charge is 0.496 e. The first kappa shape index (κ1) is 33.4. The van der Waals surface area contributed by atoms with E-state index in [0.717, 1.165) is 18.5 Å². The van der Waals surface area contributed by atoms with Crippen molar-refractivity contribution in [1.82, 2.24) is 19.5 Å². The number of aromatic nitrogens is 3. The fraction of sp³-hybridized carbons (Fsp3) is 0.562. The smallest absolute Gasteiger partial charge is 0.415 e. The lowest BCUT2D eigenvalue weighted by atomic mass is 10.1. The molecule has 1 fully saturated rings. The number of ether oxygens (including phenoxy) is 3. The van der Waals surface area contributed by atoms with E-state index in [1.165, 1.54) is 24.1 Å². The Morgan fingerprint density at radius 3 is 2.32 bits per heavy atom. The van der Waals surface area contributed by atoms with Crippen LogP contribution in [0.1, 0.15) is 85.4 Å². The average molecular weight is 630 g/mol. The summed E-state index contributed by atoms with van der Waals surface area (Å²) in [5, 5.41) is 5.85. The van der Waals surface area contributed by atoms with Crippen molar-refractivity contribution in [1.29, 1.82) is 0 Å². The minimum atomic E-state index is -0.760. The van der Waals surface area contributed by atoms with Crippen LogP contribution in [0.5, 0.6) is 5.75 Å². The van der Waals surface area contributed by atoms with Crippen molar-refractivity contribution in [2.75, 3.05) is 25.1 Å². The van der Waals surface area contributed by atoms with Crippen LogP contribution in [0.4, 0.5) is 19.7 Å². The highest BCUT2D eigenvalue weighted by Gasteiger charge is 2.31. The number of benzene rings is 1. The third-order valence-corrected chi connectivity index (χ3v) is 8.15. The summed E-state index contributed by atoms with van der Waals surface area (Å²) >= 11 is 1.61. The minimum Gasteiger partial charge on any atom is -0.496 e. The predicted octanol–water partition coefficient (Wildman–Crippen LogP) is 7.43. The molecule has 3 aromatic rings. The molecule has 1 aliphatic rings. The van der Waals surface area contributed by atoms with Crippen LogP contribution >= 0.6 is 11.8 Å². The zero-order chi connectivity index (χ0) is 32.4. The van der Waals surface area contributed by atoms with Crippen molar-refractivity contribution in [2.45, 2.75) is 102 Å².